The number of likely N-dealkylation sites (tertiary alicyclic amines) is 1. The smallest absolute Gasteiger partial charge is 0.224 e. The zero-order valence-corrected chi connectivity index (χ0v) is 16.1. The maximum atomic E-state index is 12.1. The van der Waals surface area contributed by atoms with Gasteiger partial charge in [-0.05, 0) is 31.9 Å². The Bertz CT molecular complexity index is 544. The van der Waals surface area contributed by atoms with Crippen LogP contribution in [0, 0.1) is 0 Å². The molecule has 0 spiro atoms. The highest BCUT2D eigenvalue weighted by Gasteiger charge is 2.17. The molecule has 2 N–H and O–H groups in total. The van der Waals surface area contributed by atoms with Crippen molar-refractivity contribution < 1.29 is 4.79 Å². The SMILES string of the molecule is CCNC(=NCC(C)Sc1ccccc1)NCCC(=O)N1CCCC1. The summed E-state index contributed by atoms with van der Waals surface area (Å²) < 4.78 is 0. The van der Waals surface area contributed by atoms with Crippen molar-refractivity contribution in [3.05, 3.63) is 30.3 Å². The number of nitrogens with one attached hydrogen (secondary N) is 2. The number of nitrogens with zero attached hydrogens (tertiary/aromatic N) is 2. The van der Waals surface area contributed by atoms with Crippen molar-refractivity contribution in [2.24, 2.45) is 4.99 Å². The summed E-state index contributed by atoms with van der Waals surface area (Å²) in [7, 11) is 0. The zero-order valence-electron chi connectivity index (χ0n) is 15.3. The number of rotatable bonds is 8. The van der Waals surface area contributed by atoms with Gasteiger partial charge >= 0.3 is 0 Å². The summed E-state index contributed by atoms with van der Waals surface area (Å²) in [5.74, 6) is 1.03. The van der Waals surface area contributed by atoms with E-state index in [9.17, 15) is 4.79 Å². The molecule has 0 bridgehead atoms. The van der Waals surface area contributed by atoms with Crippen LogP contribution in [0.15, 0.2) is 40.2 Å². The molecular formula is C19H30N4OS. The number of amides is 1. The number of hydrogen-bond acceptors (Lipinski definition) is 3. The van der Waals surface area contributed by atoms with Crippen molar-refractivity contribution in [2.75, 3.05) is 32.7 Å². The predicted molar refractivity (Wildman–Crippen MR) is 106 cm³/mol. The van der Waals surface area contributed by atoms with E-state index in [1.54, 1.807) is 0 Å². The van der Waals surface area contributed by atoms with Gasteiger partial charge in [-0.3, -0.25) is 9.79 Å². The minimum Gasteiger partial charge on any atom is -0.357 e. The molecule has 1 aliphatic heterocycles. The molecule has 0 aliphatic carbocycles. The summed E-state index contributed by atoms with van der Waals surface area (Å²) in [4.78, 5) is 20.0. The summed E-state index contributed by atoms with van der Waals surface area (Å²) in [5, 5.41) is 6.92. The zero-order chi connectivity index (χ0) is 17.9. The van der Waals surface area contributed by atoms with E-state index in [1.807, 2.05) is 22.7 Å². The van der Waals surface area contributed by atoms with Crippen molar-refractivity contribution in [3.8, 4) is 0 Å². The quantitative estimate of drug-likeness (QED) is 0.424. The lowest BCUT2D eigenvalue weighted by Gasteiger charge is -2.16. The third-order valence-corrected chi connectivity index (χ3v) is 5.12. The summed E-state index contributed by atoms with van der Waals surface area (Å²) in [6, 6.07) is 10.4. The first-order valence-electron chi connectivity index (χ1n) is 9.20. The van der Waals surface area contributed by atoms with Crippen LogP contribution in [0.25, 0.3) is 0 Å². The van der Waals surface area contributed by atoms with Crippen molar-refractivity contribution in [2.45, 2.75) is 43.3 Å². The number of thioether (sulfide) groups is 1. The lowest BCUT2D eigenvalue weighted by molar-refractivity contribution is -0.129. The fraction of sp³-hybridized carbons (Fsp3) is 0.579. The minimum absolute atomic E-state index is 0.244. The highest BCUT2D eigenvalue weighted by atomic mass is 32.2. The van der Waals surface area contributed by atoms with Crippen LogP contribution < -0.4 is 10.6 Å². The van der Waals surface area contributed by atoms with Crippen LogP contribution >= 0.6 is 11.8 Å². The molecule has 1 aliphatic rings. The lowest BCUT2D eigenvalue weighted by Crippen LogP contribution is -2.40. The van der Waals surface area contributed by atoms with Gasteiger partial charge in [0.15, 0.2) is 5.96 Å². The van der Waals surface area contributed by atoms with E-state index in [0.29, 0.717) is 18.2 Å². The van der Waals surface area contributed by atoms with E-state index >= 15 is 0 Å². The number of guanidine groups is 1. The Morgan fingerprint density at radius 3 is 2.64 bits per heavy atom. The van der Waals surface area contributed by atoms with Crippen LogP contribution in [0.3, 0.4) is 0 Å². The van der Waals surface area contributed by atoms with Gasteiger partial charge in [0.2, 0.25) is 5.91 Å². The van der Waals surface area contributed by atoms with Crippen LogP contribution in [0.1, 0.15) is 33.1 Å². The Hall–Kier alpha value is -1.69. The molecule has 2 rings (SSSR count). The number of carbonyl (C=O) groups excluding carboxylic acids is 1. The molecule has 138 valence electrons. The molecule has 1 saturated heterocycles. The second-order valence-electron chi connectivity index (χ2n) is 6.23. The molecule has 0 aromatic heterocycles. The van der Waals surface area contributed by atoms with Crippen molar-refractivity contribution in [3.63, 3.8) is 0 Å². The Balaban J connectivity index is 1.74. The van der Waals surface area contributed by atoms with E-state index in [2.05, 4.69) is 53.7 Å². The van der Waals surface area contributed by atoms with Gasteiger partial charge < -0.3 is 15.5 Å². The van der Waals surface area contributed by atoms with Crippen LogP contribution in [0.2, 0.25) is 0 Å². The van der Waals surface area contributed by atoms with Gasteiger partial charge in [-0.25, -0.2) is 0 Å². The van der Waals surface area contributed by atoms with Gasteiger partial charge in [-0.2, -0.15) is 0 Å². The van der Waals surface area contributed by atoms with Crippen LogP contribution in [-0.4, -0.2) is 54.7 Å². The fourth-order valence-electron chi connectivity index (χ4n) is 2.74. The van der Waals surface area contributed by atoms with E-state index in [1.165, 1.54) is 4.90 Å². The number of hydrogen-bond donors (Lipinski definition) is 2. The van der Waals surface area contributed by atoms with E-state index < -0.39 is 0 Å². The van der Waals surface area contributed by atoms with Crippen molar-refractivity contribution in [1.82, 2.24) is 15.5 Å². The first-order chi connectivity index (χ1) is 12.2. The molecule has 0 saturated carbocycles. The molecular weight excluding hydrogens is 332 g/mol. The molecule has 25 heavy (non-hydrogen) atoms. The molecule has 1 unspecified atom stereocenters. The summed E-state index contributed by atoms with van der Waals surface area (Å²) >= 11 is 1.83. The Morgan fingerprint density at radius 1 is 1.24 bits per heavy atom. The average Bonchev–Trinajstić information content (AvgIpc) is 3.15. The molecule has 0 radical (unpaired) electrons. The highest BCUT2D eigenvalue weighted by Crippen LogP contribution is 2.22. The molecule has 6 heteroatoms. The monoisotopic (exact) mass is 362 g/mol. The maximum absolute atomic E-state index is 12.1. The number of carbonyl (C=O) groups is 1. The molecule has 5 nitrogen and oxygen atoms in total. The molecule has 1 heterocycles. The van der Waals surface area contributed by atoms with Gasteiger partial charge in [0.25, 0.3) is 0 Å². The molecule has 1 amide bonds. The van der Waals surface area contributed by atoms with Gasteiger partial charge in [0.1, 0.15) is 0 Å². The Labute approximate surface area is 155 Å². The normalized spacial score (nSPS) is 15.9. The van der Waals surface area contributed by atoms with Crippen LogP contribution in [-0.2, 0) is 4.79 Å². The van der Waals surface area contributed by atoms with Gasteiger partial charge in [0, 0.05) is 42.7 Å². The van der Waals surface area contributed by atoms with E-state index in [4.69, 9.17) is 0 Å². The second-order valence-corrected chi connectivity index (χ2v) is 7.74. The summed E-state index contributed by atoms with van der Waals surface area (Å²) in [6.45, 7) is 8.24. The lowest BCUT2D eigenvalue weighted by atomic mass is 10.3. The second kappa shape index (κ2) is 11.0. The molecule has 1 fully saturated rings. The topological polar surface area (TPSA) is 56.7 Å². The predicted octanol–water partition coefficient (Wildman–Crippen LogP) is 2.73. The maximum Gasteiger partial charge on any atom is 0.224 e. The average molecular weight is 363 g/mol. The van der Waals surface area contributed by atoms with Crippen LogP contribution in [0.4, 0.5) is 0 Å². The molecule has 1 atom stereocenters. The highest BCUT2D eigenvalue weighted by molar-refractivity contribution is 8.00. The largest absolute Gasteiger partial charge is 0.357 e. The molecule has 1 aromatic rings. The van der Waals surface area contributed by atoms with Crippen molar-refractivity contribution in [1.29, 1.82) is 0 Å². The van der Waals surface area contributed by atoms with Crippen molar-refractivity contribution >= 4 is 23.6 Å². The first kappa shape index (κ1) is 19.6. The third kappa shape index (κ3) is 7.38. The van der Waals surface area contributed by atoms with Gasteiger partial charge in [-0.15, -0.1) is 11.8 Å². The van der Waals surface area contributed by atoms with E-state index in [-0.39, 0.29) is 5.91 Å². The van der Waals surface area contributed by atoms with Gasteiger partial charge in [-0.1, -0.05) is 25.1 Å². The molecule has 1 aromatic carbocycles. The minimum atomic E-state index is 0.244. The first-order valence-corrected chi connectivity index (χ1v) is 10.1. The summed E-state index contributed by atoms with van der Waals surface area (Å²) in [5.41, 5.74) is 0. The number of aliphatic imine (C=N–C) groups is 1. The van der Waals surface area contributed by atoms with Gasteiger partial charge in [0.05, 0.1) is 6.54 Å². The standard InChI is InChI=1S/C19H30N4OS/c1-3-20-19(21-12-11-18(24)23-13-7-8-14-23)22-15-16(2)25-17-9-5-4-6-10-17/h4-6,9-10,16H,3,7-8,11-15H2,1-2H3,(H2,20,21,22). The third-order valence-electron chi connectivity index (χ3n) is 4.02. The summed E-state index contributed by atoms with van der Waals surface area (Å²) in [6.07, 6.45) is 2.80. The Morgan fingerprint density at radius 2 is 1.96 bits per heavy atom. The van der Waals surface area contributed by atoms with Crippen LogP contribution in [0.5, 0.6) is 0 Å². The Kier molecular flexibility index (Phi) is 8.66. The van der Waals surface area contributed by atoms with E-state index in [0.717, 1.165) is 45.0 Å². The fourth-order valence-corrected chi connectivity index (χ4v) is 3.67. The number of benzene rings is 1.